The van der Waals surface area contributed by atoms with Gasteiger partial charge in [0.1, 0.15) is 0 Å². The fraction of sp³-hybridized carbons (Fsp3) is 1.00. The number of aliphatic hydroxyl groups is 1. The summed E-state index contributed by atoms with van der Waals surface area (Å²) < 4.78 is 0. The molecule has 0 radical (unpaired) electrons. The highest BCUT2D eigenvalue weighted by Crippen LogP contribution is 2.24. The molecule has 2 unspecified atom stereocenters. The zero-order valence-corrected chi connectivity index (χ0v) is 9.78. The third kappa shape index (κ3) is 2.71. The Labute approximate surface area is 92.8 Å². The third-order valence-electron chi connectivity index (χ3n) is 3.97. The summed E-state index contributed by atoms with van der Waals surface area (Å²) in [7, 11) is 0. The van der Waals surface area contributed by atoms with Gasteiger partial charge in [-0.3, -0.25) is 4.90 Å². The topological polar surface area (TPSA) is 35.5 Å². The van der Waals surface area contributed by atoms with Crippen LogP contribution in [-0.2, 0) is 0 Å². The lowest BCUT2D eigenvalue weighted by atomic mass is 9.91. The van der Waals surface area contributed by atoms with Gasteiger partial charge in [-0.1, -0.05) is 19.8 Å². The largest absolute Gasteiger partial charge is 0.390 e. The maximum atomic E-state index is 9.81. The van der Waals surface area contributed by atoms with E-state index in [1.165, 1.54) is 38.8 Å². The van der Waals surface area contributed by atoms with Crippen molar-refractivity contribution >= 4 is 0 Å². The van der Waals surface area contributed by atoms with Crippen LogP contribution in [0.25, 0.3) is 0 Å². The minimum atomic E-state index is -0.146. The second-order valence-electron chi connectivity index (χ2n) is 5.06. The van der Waals surface area contributed by atoms with Crippen molar-refractivity contribution in [3.63, 3.8) is 0 Å². The zero-order chi connectivity index (χ0) is 10.7. The van der Waals surface area contributed by atoms with E-state index in [4.69, 9.17) is 0 Å². The lowest BCUT2D eigenvalue weighted by Gasteiger charge is -2.36. The van der Waals surface area contributed by atoms with Gasteiger partial charge in [0, 0.05) is 19.1 Å². The Bertz CT molecular complexity index is 190. The molecule has 3 heteroatoms. The number of hydrogen-bond acceptors (Lipinski definition) is 3. The van der Waals surface area contributed by atoms with Crippen molar-refractivity contribution in [3.05, 3.63) is 0 Å². The van der Waals surface area contributed by atoms with E-state index in [9.17, 15) is 5.11 Å². The highest BCUT2D eigenvalue weighted by atomic mass is 16.3. The van der Waals surface area contributed by atoms with Gasteiger partial charge in [-0.05, 0) is 31.8 Å². The summed E-state index contributed by atoms with van der Waals surface area (Å²) in [6.07, 6.45) is 5.22. The molecule has 0 aliphatic carbocycles. The zero-order valence-electron chi connectivity index (χ0n) is 9.78. The van der Waals surface area contributed by atoms with Crippen molar-refractivity contribution in [3.8, 4) is 0 Å². The predicted octanol–water partition coefficient (Wildman–Crippen LogP) is 0.831. The number of piperidine rings is 1. The van der Waals surface area contributed by atoms with E-state index in [1.54, 1.807) is 0 Å². The average molecular weight is 212 g/mol. The minimum Gasteiger partial charge on any atom is -0.390 e. The molecule has 2 aliphatic rings. The Morgan fingerprint density at radius 1 is 1.27 bits per heavy atom. The van der Waals surface area contributed by atoms with Gasteiger partial charge in [0.05, 0.1) is 6.10 Å². The molecule has 2 saturated heterocycles. The van der Waals surface area contributed by atoms with Gasteiger partial charge >= 0.3 is 0 Å². The lowest BCUT2D eigenvalue weighted by Crippen LogP contribution is -2.47. The maximum absolute atomic E-state index is 9.81. The van der Waals surface area contributed by atoms with Crippen molar-refractivity contribution in [1.82, 2.24) is 10.2 Å². The first-order valence-electron chi connectivity index (χ1n) is 6.44. The molecule has 0 amide bonds. The Morgan fingerprint density at radius 3 is 2.53 bits per heavy atom. The molecule has 15 heavy (non-hydrogen) atoms. The van der Waals surface area contributed by atoms with Gasteiger partial charge in [0.15, 0.2) is 0 Å². The molecule has 3 nitrogen and oxygen atoms in total. The summed E-state index contributed by atoms with van der Waals surface area (Å²) in [5.41, 5.74) is 0. The fourth-order valence-corrected chi connectivity index (χ4v) is 3.01. The van der Waals surface area contributed by atoms with E-state index >= 15 is 0 Å². The van der Waals surface area contributed by atoms with Gasteiger partial charge in [0.2, 0.25) is 0 Å². The van der Waals surface area contributed by atoms with Crippen molar-refractivity contribution in [2.45, 2.75) is 44.8 Å². The van der Waals surface area contributed by atoms with E-state index in [0.717, 1.165) is 19.0 Å². The standard InChI is InChI=1S/C12H24N2O/c1-2-3-10-4-6-14(7-5-10)11-8-13-9-12(11)15/h10-13,15H,2-9H2,1H3. The number of β-amino-alcohol motifs (C(OH)–C–C–N with tert-alkyl or cyclic N) is 1. The van der Waals surface area contributed by atoms with Crippen molar-refractivity contribution in [2.75, 3.05) is 26.2 Å². The van der Waals surface area contributed by atoms with Crippen LogP contribution >= 0.6 is 0 Å². The molecule has 2 heterocycles. The molecule has 2 rings (SSSR count). The minimum absolute atomic E-state index is 0.146. The molecule has 88 valence electrons. The third-order valence-corrected chi connectivity index (χ3v) is 3.97. The second-order valence-corrected chi connectivity index (χ2v) is 5.06. The first-order chi connectivity index (χ1) is 7.31. The van der Waals surface area contributed by atoms with Gasteiger partial charge in [-0.25, -0.2) is 0 Å². The second kappa shape index (κ2) is 5.28. The van der Waals surface area contributed by atoms with Crippen molar-refractivity contribution in [1.29, 1.82) is 0 Å². The molecule has 0 aromatic heterocycles. The van der Waals surface area contributed by atoms with Crippen LogP contribution in [-0.4, -0.2) is 48.3 Å². The van der Waals surface area contributed by atoms with Gasteiger partial charge in [0.25, 0.3) is 0 Å². The molecule has 0 saturated carbocycles. The summed E-state index contributed by atoms with van der Waals surface area (Å²) in [6, 6.07) is 0.382. The smallest absolute Gasteiger partial charge is 0.0831 e. The van der Waals surface area contributed by atoms with Crippen LogP contribution in [0, 0.1) is 5.92 Å². The first kappa shape index (κ1) is 11.4. The van der Waals surface area contributed by atoms with Crippen LogP contribution in [0.3, 0.4) is 0 Å². The van der Waals surface area contributed by atoms with Crippen LogP contribution in [0.1, 0.15) is 32.6 Å². The number of likely N-dealkylation sites (tertiary alicyclic amines) is 1. The van der Waals surface area contributed by atoms with Crippen LogP contribution in [0.5, 0.6) is 0 Å². The Balaban J connectivity index is 1.77. The van der Waals surface area contributed by atoms with Gasteiger partial charge in [-0.2, -0.15) is 0 Å². The van der Waals surface area contributed by atoms with E-state index in [2.05, 4.69) is 17.1 Å². The quantitative estimate of drug-likeness (QED) is 0.727. The Morgan fingerprint density at radius 2 is 2.00 bits per heavy atom. The maximum Gasteiger partial charge on any atom is 0.0831 e. The average Bonchev–Trinajstić information content (AvgIpc) is 2.66. The van der Waals surface area contributed by atoms with Crippen molar-refractivity contribution < 1.29 is 5.11 Å². The fourth-order valence-electron chi connectivity index (χ4n) is 3.01. The van der Waals surface area contributed by atoms with E-state index < -0.39 is 0 Å². The van der Waals surface area contributed by atoms with Gasteiger partial charge in [-0.15, -0.1) is 0 Å². The molecule has 0 bridgehead atoms. The molecular weight excluding hydrogens is 188 g/mol. The summed E-state index contributed by atoms with van der Waals surface area (Å²) in [5, 5.41) is 13.1. The molecule has 2 N–H and O–H groups in total. The predicted molar refractivity (Wildman–Crippen MR) is 61.9 cm³/mol. The first-order valence-corrected chi connectivity index (χ1v) is 6.44. The molecule has 2 aliphatic heterocycles. The Kier molecular flexibility index (Phi) is 4.00. The normalized spacial score (nSPS) is 34.8. The number of nitrogens with zero attached hydrogens (tertiary/aromatic N) is 1. The highest BCUT2D eigenvalue weighted by molar-refractivity contribution is 4.90. The molecule has 0 aromatic rings. The highest BCUT2D eigenvalue weighted by Gasteiger charge is 2.32. The number of nitrogens with one attached hydrogen (secondary N) is 1. The van der Waals surface area contributed by atoms with Gasteiger partial charge < -0.3 is 10.4 Å². The van der Waals surface area contributed by atoms with Crippen LogP contribution in [0.15, 0.2) is 0 Å². The Hall–Kier alpha value is -0.120. The van der Waals surface area contributed by atoms with E-state index in [1.807, 2.05) is 0 Å². The van der Waals surface area contributed by atoms with Crippen molar-refractivity contribution in [2.24, 2.45) is 5.92 Å². The molecule has 0 spiro atoms. The molecule has 2 atom stereocenters. The molecular formula is C12H24N2O. The summed E-state index contributed by atoms with van der Waals surface area (Å²) in [4.78, 5) is 2.48. The van der Waals surface area contributed by atoms with E-state index in [0.29, 0.717) is 6.04 Å². The lowest BCUT2D eigenvalue weighted by molar-refractivity contribution is 0.0575. The summed E-state index contributed by atoms with van der Waals surface area (Å²) in [6.45, 7) is 6.40. The number of aliphatic hydroxyl groups excluding tert-OH is 1. The number of hydrogen-bond donors (Lipinski definition) is 2. The van der Waals surface area contributed by atoms with Crippen LogP contribution in [0.2, 0.25) is 0 Å². The SMILES string of the molecule is CCCC1CCN(C2CNCC2O)CC1. The molecule has 2 fully saturated rings. The van der Waals surface area contributed by atoms with Crippen LogP contribution in [0.4, 0.5) is 0 Å². The summed E-state index contributed by atoms with van der Waals surface area (Å²) >= 11 is 0. The van der Waals surface area contributed by atoms with E-state index in [-0.39, 0.29) is 6.10 Å². The number of rotatable bonds is 3. The monoisotopic (exact) mass is 212 g/mol. The summed E-state index contributed by atoms with van der Waals surface area (Å²) in [5.74, 6) is 0.942. The molecule has 0 aromatic carbocycles. The van der Waals surface area contributed by atoms with Crippen LogP contribution < -0.4 is 5.32 Å².